The molecule has 0 radical (unpaired) electrons. The van der Waals surface area contributed by atoms with Crippen molar-refractivity contribution < 1.29 is 0 Å². The second-order valence-corrected chi connectivity index (χ2v) is 6.72. The van der Waals surface area contributed by atoms with Crippen LogP contribution in [0, 0.1) is 6.92 Å². The Morgan fingerprint density at radius 1 is 0.962 bits per heavy atom. The molecule has 0 spiro atoms. The number of rotatable bonds is 12. The Kier molecular flexibility index (Phi) is 9.04. The highest BCUT2D eigenvalue weighted by molar-refractivity contribution is 5.56. The van der Waals surface area contributed by atoms with Crippen molar-refractivity contribution in [1.82, 2.24) is 15.0 Å². The van der Waals surface area contributed by atoms with Crippen molar-refractivity contribution in [3.8, 4) is 11.5 Å². The molecule has 2 aromatic heterocycles. The summed E-state index contributed by atoms with van der Waals surface area (Å²) >= 11 is 0. The standard InChI is InChI=1S/C21H33N5/c1-3-18-17(2)25-21(19-13-9-12-15-23-19)26-20(18)24-16-11-8-6-4-5-7-10-14-22/h9,12-13,15H,3-8,10-11,14,16,22H2,1-2H3,(H,24,25,26). The molecule has 0 aromatic carbocycles. The van der Waals surface area contributed by atoms with Crippen LogP contribution in [0.25, 0.3) is 11.5 Å². The molecule has 26 heavy (non-hydrogen) atoms. The Morgan fingerprint density at radius 2 is 1.69 bits per heavy atom. The Bertz CT molecular complexity index is 642. The minimum atomic E-state index is 0.697. The first-order valence-corrected chi connectivity index (χ1v) is 9.99. The zero-order chi connectivity index (χ0) is 18.6. The molecule has 2 heterocycles. The third-order valence-electron chi connectivity index (χ3n) is 4.63. The van der Waals surface area contributed by atoms with E-state index in [-0.39, 0.29) is 0 Å². The first kappa shape index (κ1) is 20.3. The average Bonchev–Trinajstić information content (AvgIpc) is 2.67. The zero-order valence-electron chi connectivity index (χ0n) is 16.3. The molecule has 5 nitrogen and oxygen atoms in total. The predicted octanol–water partition coefficient (Wildman–Crippen LogP) is 4.51. The van der Waals surface area contributed by atoms with E-state index in [2.05, 4.69) is 29.1 Å². The van der Waals surface area contributed by atoms with Gasteiger partial charge in [-0.3, -0.25) is 4.98 Å². The van der Waals surface area contributed by atoms with Gasteiger partial charge >= 0.3 is 0 Å². The monoisotopic (exact) mass is 355 g/mol. The van der Waals surface area contributed by atoms with Crippen LogP contribution in [0.1, 0.15) is 63.1 Å². The van der Waals surface area contributed by atoms with Crippen molar-refractivity contribution in [3.05, 3.63) is 35.7 Å². The maximum absolute atomic E-state index is 5.52. The van der Waals surface area contributed by atoms with E-state index in [1.54, 1.807) is 6.20 Å². The van der Waals surface area contributed by atoms with Crippen molar-refractivity contribution >= 4 is 5.82 Å². The average molecular weight is 356 g/mol. The van der Waals surface area contributed by atoms with Gasteiger partial charge in [0.15, 0.2) is 5.82 Å². The number of hydrogen-bond acceptors (Lipinski definition) is 5. The topological polar surface area (TPSA) is 76.7 Å². The quantitative estimate of drug-likeness (QED) is 0.548. The van der Waals surface area contributed by atoms with Crippen LogP contribution in [0.3, 0.4) is 0 Å². The molecule has 3 N–H and O–H groups in total. The molecular weight excluding hydrogens is 322 g/mol. The molecule has 0 saturated carbocycles. The van der Waals surface area contributed by atoms with E-state index in [4.69, 9.17) is 10.7 Å². The van der Waals surface area contributed by atoms with Crippen LogP contribution in [-0.4, -0.2) is 28.0 Å². The van der Waals surface area contributed by atoms with Gasteiger partial charge in [-0.05, 0) is 44.9 Å². The van der Waals surface area contributed by atoms with Gasteiger partial charge in [0.1, 0.15) is 11.5 Å². The molecule has 2 aromatic rings. The maximum Gasteiger partial charge on any atom is 0.180 e. The number of pyridine rings is 1. The fourth-order valence-corrected chi connectivity index (χ4v) is 3.14. The van der Waals surface area contributed by atoms with Gasteiger partial charge in [0.05, 0.1) is 0 Å². The second-order valence-electron chi connectivity index (χ2n) is 6.72. The Morgan fingerprint density at radius 3 is 2.35 bits per heavy atom. The smallest absolute Gasteiger partial charge is 0.180 e. The fourth-order valence-electron chi connectivity index (χ4n) is 3.14. The number of aryl methyl sites for hydroxylation is 1. The highest BCUT2D eigenvalue weighted by Gasteiger charge is 2.11. The lowest BCUT2D eigenvalue weighted by Crippen LogP contribution is -2.10. The zero-order valence-corrected chi connectivity index (χ0v) is 16.3. The van der Waals surface area contributed by atoms with E-state index in [9.17, 15) is 0 Å². The van der Waals surface area contributed by atoms with E-state index < -0.39 is 0 Å². The Hall–Kier alpha value is -2.01. The van der Waals surface area contributed by atoms with E-state index in [1.807, 2.05) is 18.2 Å². The van der Waals surface area contributed by atoms with Gasteiger partial charge in [-0.2, -0.15) is 0 Å². The molecule has 0 unspecified atom stereocenters. The van der Waals surface area contributed by atoms with Crippen molar-refractivity contribution in [1.29, 1.82) is 0 Å². The van der Waals surface area contributed by atoms with Crippen LogP contribution < -0.4 is 11.1 Å². The molecule has 2 rings (SSSR count). The first-order chi connectivity index (χ1) is 12.8. The lowest BCUT2D eigenvalue weighted by Gasteiger charge is -2.13. The van der Waals surface area contributed by atoms with Crippen LogP contribution in [0.15, 0.2) is 24.4 Å². The molecule has 0 saturated heterocycles. The summed E-state index contributed by atoms with van der Waals surface area (Å²) in [7, 11) is 0. The highest BCUT2D eigenvalue weighted by atomic mass is 15.0. The number of nitrogens with one attached hydrogen (secondary N) is 1. The van der Waals surface area contributed by atoms with Crippen molar-refractivity contribution in [2.75, 3.05) is 18.4 Å². The van der Waals surface area contributed by atoms with Crippen LogP contribution in [0.5, 0.6) is 0 Å². The number of aromatic nitrogens is 3. The first-order valence-electron chi connectivity index (χ1n) is 9.99. The van der Waals surface area contributed by atoms with Crippen LogP contribution >= 0.6 is 0 Å². The maximum atomic E-state index is 5.52. The SMILES string of the molecule is CCc1c(C)nc(-c2ccccn2)nc1NCCCCCCCCCN. The summed E-state index contributed by atoms with van der Waals surface area (Å²) in [5.74, 6) is 1.66. The minimum Gasteiger partial charge on any atom is -0.370 e. The number of nitrogens with two attached hydrogens (primary N) is 1. The summed E-state index contributed by atoms with van der Waals surface area (Å²) in [6.45, 7) is 5.98. The fraction of sp³-hybridized carbons (Fsp3) is 0.571. The summed E-state index contributed by atoms with van der Waals surface area (Å²) in [6, 6.07) is 5.83. The summed E-state index contributed by atoms with van der Waals surface area (Å²) < 4.78 is 0. The summed E-state index contributed by atoms with van der Waals surface area (Å²) in [5.41, 5.74) is 8.58. The molecule has 0 fully saturated rings. The summed E-state index contributed by atoms with van der Waals surface area (Å²) in [5, 5.41) is 3.53. The van der Waals surface area contributed by atoms with Gasteiger partial charge in [-0.25, -0.2) is 9.97 Å². The molecule has 0 aliphatic carbocycles. The van der Waals surface area contributed by atoms with Gasteiger partial charge in [0.2, 0.25) is 0 Å². The molecular formula is C21H33N5. The lowest BCUT2D eigenvalue weighted by molar-refractivity contribution is 0.588. The predicted molar refractivity (Wildman–Crippen MR) is 109 cm³/mol. The number of anilines is 1. The van der Waals surface area contributed by atoms with Crippen LogP contribution in [-0.2, 0) is 6.42 Å². The van der Waals surface area contributed by atoms with Gasteiger partial charge in [0.25, 0.3) is 0 Å². The van der Waals surface area contributed by atoms with Gasteiger partial charge in [-0.1, -0.05) is 45.1 Å². The third kappa shape index (κ3) is 6.37. The molecule has 142 valence electrons. The lowest BCUT2D eigenvalue weighted by atomic mass is 10.1. The minimum absolute atomic E-state index is 0.697. The largest absolute Gasteiger partial charge is 0.370 e. The van der Waals surface area contributed by atoms with Crippen molar-refractivity contribution in [2.45, 2.75) is 65.2 Å². The van der Waals surface area contributed by atoms with Crippen LogP contribution in [0.4, 0.5) is 5.82 Å². The van der Waals surface area contributed by atoms with E-state index in [0.717, 1.165) is 43.1 Å². The second kappa shape index (κ2) is 11.6. The van der Waals surface area contributed by atoms with Gasteiger partial charge in [-0.15, -0.1) is 0 Å². The molecule has 0 atom stereocenters. The highest BCUT2D eigenvalue weighted by Crippen LogP contribution is 2.21. The van der Waals surface area contributed by atoms with Gasteiger partial charge < -0.3 is 11.1 Å². The molecule has 5 heteroatoms. The Balaban J connectivity index is 1.86. The third-order valence-corrected chi connectivity index (χ3v) is 4.63. The molecule has 0 amide bonds. The van der Waals surface area contributed by atoms with E-state index in [0.29, 0.717) is 5.82 Å². The van der Waals surface area contributed by atoms with Crippen LogP contribution in [0.2, 0.25) is 0 Å². The number of unbranched alkanes of at least 4 members (excludes halogenated alkanes) is 6. The molecule has 0 aliphatic rings. The number of hydrogen-bond donors (Lipinski definition) is 2. The normalized spacial score (nSPS) is 10.9. The Labute approximate surface area is 157 Å². The van der Waals surface area contributed by atoms with Gasteiger partial charge in [0, 0.05) is 24.0 Å². The van der Waals surface area contributed by atoms with Crippen molar-refractivity contribution in [2.24, 2.45) is 5.73 Å². The molecule has 0 bridgehead atoms. The summed E-state index contributed by atoms with van der Waals surface area (Å²) in [6.07, 6.45) is 11.5. The van der Waals surface area contributed by atoms with E-state index >= 15 is 0 Å². The number of nitrogens with zero attached hydrogens (tertiary/aromatic N) is 3. The summed E-state index contributed by atoms with van der Waals surface area (Å²) in [4.78, 5) is 13.8. The van der Waals surface area contributed by atoms with E-state index in [1.165, 1.54) is 44.1 Å². The van der Waals surface area contributed by atoms with Crippen molar-refractivity contribution in [3.63, 3.8) is 0 Å². The molecule has 0 aliphatic heterocycles.